The van der Waals surface area contributed by atoms with E-state index in [1.54, 1.807) is 13.3 Å². The molecule has 1 atom stereocenters. The van der Waals surface area contributed by atoms with E-state index in [0.717, 1.165) is 35.4 Å². The van der Waals surface area contributed by atoms with Crippen LogP contribution in [0.3, 0.4) is 0 Å². The van der Waals surface area contributed by atoms with E-state index >= 15 is 0 Å². The molecule has 0 aliphatic heterocycles. The average molecular weight is 260 g/mol. The van der Waals surface area contributed by atoms with Gasteiger partial charge in [-0.2, -0.15) is 5.10 Å². The summed E-state index contributed by atoms with van der Waals surface area (Å²) < 4.78 is 7.03. The predicted molar refractivity (Wildman–Crippen MR) is 74.3 cm³/mol. The Labute approximate surface area is 113 Å². The lowest BCUT2D eigenvalue weighted by Crippen LogP contribution is -2.02. The monoisotopic (exact) mass is 260 g/mol. The summed E-state index contributed by atoms with van der Waals surface area (Å²) in [5.74, 6) is 0.801. The first-order valence-electron chi connectivity index (χ1n) is 6.50. The van der Waals surface area contributed by atoms with Gasteiger partial charge in [-0.05, 0) is 36.6 Å². The van der Waals surface area contributed by atoms with E-state index in [0.29, 0.717) is 0 Å². The first-order valence-corrected chi connectivity index (χ1v) is 6.50. The third kappa shape index (κ3) is 2.96. The van der Waals surface area contributed by atoms with Crippen molar-refractivity contribution in [2.24, 2.45) is 0 Å². The van der Waals surface area contributed by atoms with Crippen molar-refractivity contribution in [1.29, 1.82) is 0 Å². The van der Waals surface area contributed by atoms with Gasteiger partial charge in [0.25, 0.3) is 0 Å². The zero-order chi connectivity index (χ0) is 13.8. The Morgan fingerprint density at radius 2 is 2.21 bits per heavy atom. The summed E-state index contributed by atoms with van der Waals surface area (Å²) in [4.78, 5) is 0. The molecule has 19 heavy (non-hydrogen) atoms. The van der Waals surface area contributed by atoms with Crippen molar-refractivity contribution in [1.82, 2.24) is 9.78 Å². The fourth-order valence-corrected chi connectivity index (χ4v) is 2.13. The van der Waals surface area contributed by atoms with Crippen LogP contribution in [-0.2, 0) is 6.54 Å². The fraction of sp³-hybridized carbons (Fsp3) is 0.400. The smallest absolute Gasteiger partial charge is 0.119 e. The van der Waals surface area contributed by atoms with Gasteiger partial charge < -0.3 is 9.84 Å². The number of aryl methyl sites for hydroxylation is 2. The molecule has 0 bridgehead atoms. The van der Waals surface area contributed by atoms with Crippen molar-refractivity contribution in [3.8, 4) is 5.75 Å². The van der Waals surface area contributed by atoms with Gasteiger partial charge in [0, 0.05) is 18.3 Å². The number of aliphatic hydroxyl groups excluding tert-OH is 1. The Morgan fingerprint density at radius 1 is 1.42 bits per heavy atom. The molecule has 0 saturated carbocycles. The fourth-order valence-electron chi connectivity index (χ4n) is 2.13. The van der Waals surface area contributed by atoms with Crippen molar-refractivity contribution in [3.05, 3.63) is 47.3 Å². The molecule has 0 radical (unpaired) electrons. The largest absolute Gasteiger partial charge is 0.497 e. The van der Waals surface area contributed by atoms with E-state index in [1.165, 1.54) is 0 Å². The van der Waals surface area contributed by atoms with Crippen molar-refractivity contribution < 1.29 is 9.84 Å². The summed E-state index contributed by atoms with van der Waals surface area (Å²) in [6.07, 6.45) is 4.01. The Bertz CT molecular complexity index is 549. The highest BCUT2D eigenvalue weighted by molar-refractivity contribution is 5.39. The molecule has 1 unspecified atom stereocenters. The molecule has 0 fully saturated rings. The Kier molecular flexibility index (Phi) is 4.22. The van der Waals surface area contributed by atoms with Crippen LogP contribution in [0.1, 0.15) is 36.1 Å². The third-order valence-corrected chi connectivity index (χ3v) is 3.19. The zero-order valence-electron chi connectivity index (χ0n) is 11.6. The Morgan fingerprint density at radius 3 is 2.84 bits per heavy atom. The minimum Gasteiger partial charge on any atom is -0.497 e. The van der Waals surface area contributed by atoms with Crippen LogP contribution in [0.4, 0.5) is 0 Å². The highest BCUT2D eigenvalue weighted by Crippen LogP contribution is 2.27. The van der Waals surface area contributed by atoms with E-state index < -0.39 is 6.10 Å². The number of aliphatic hydroxyl groups is 1. The second-order valence-electron chi connectivity index (χ2n) is 4.66. The molecule has 1 heterocycles. The third-order valence-electron chi connectivity index (χ3n) is 3.19. The molecule has 0 aliphatic rings. The molecule has 1 aromatic heterocycles. The minimum absolute atomic E-state index is 0.642. The number of ether oxygens (including phenoxy) is 1. The molecule has 2 aromatic rings. The quantitative estimate of drug-likeness (QED) is 0.899. The maximum atomic E-state index is 10.4. The second-order valence-corrected chi connectivity index (χ2v) is 4.66. The van der Waals surface area contributed by atoms with Crippen LogP contribution in [0.15, 0.2) is 30.6 Å². The van der Waals surface area contributed by atoms with Gasteiger partial charge in [-0.1, -0.05) is 13.0 Å². The minimum atomic E-state index is -0.642. The van der Waals surface area contributed by atoms with E-state index in [-0.39, 0.29) is 0 Å². The Hall–Kier alpha value is -1.81. The van der Waals surface area contributed by atoms with Crippen LogP contribution in [0.25, 0.3) is 0 Å². The maximum absolute atomic E-state index is 10.4. The van der Waals surface area contributed by atoms with Gasteiger partial charge in [-0.3, -0.25) is 4.68 Å². The van der Waals surface area contributed by atoms with Crippen LogP contribution in [0.2, 0.25) is 0 Å². The van der Waals surface area contributed by atoms with Crippen LogP contribution in [-0.4, -0.2) is 22.0 Å². The lowest BCUT2D eigenvalue weighted by Gasteiger charge is -2.13. The standard InChI is InChI=1S/C15H20N2O2/c1-4-7-17-10-12(9-16-17)15(18)14-6-5-13(19-3)8-11(14)2/h5-6,8-10,15,18H,4,7H2,1-3H3. The van der Waals surface area contributed by atoms with E-state index in [9.17, 15) is 5.11 Å². The zero-order valence-corrected chi connectivity index (χ0v) is 11.6. The average Bonchev–Trinajstić information content (AvgIpc) is 2.87. The van der Waals surface area contributed by atoms with E-state index in [4.69, 9.17) is 4.74 Å². The molecule has 4 nitrogen and oxygen atoms in total. The molecular formula is C15H20N2O2. The molecule has 0 spiro atoms. The molecule has 0 amide bonds. The van der Waals surface area contributed by atoms with Gasteiger partial charge in [-0.25, -0.2) is 0 Å². The van der Waals surface area contributed by atoms with Gasteiger partial charge in [0.2, 0.25) is 0 Å². The predicted octanol–water partition coefficient (Wildman–Crippen LogP) is 2.69. The van der Waals surface area contributed by atoms with Gasteiger partial charge in [0.1, 0.15) is 11.9 Å². The molecule has 0 saturated heterocycles. The highest BCUT2D eigenvalue weighted by Gasteiger charge is 2.15. The van der Waals surface area contributed by atoms with Crippen LogP contribution in [0.5, 0.6) is 5.75 Å². The maximum Gasteiger partial charge on any atom is 0.119 e. The summed E-state index contributed by atoms with van der Waals surface area (Å²) in [5, 5.41) is 14.7. The summed E-state index contributed by atoms with van der Waals surface area (Å²) >= 11 is 0. The van der Waals surface area contributed by atoms with Crippen molar-refractivity contribution in [2.75, 3.05) is 7.11 Å². The summed E-state index contributed by atoms with van der Waals surface area (Å²) in [6.45, 7) is 4.94. The van der Waals surface area contributed by atoms with Crippen LogP contribution < -0.4 is 4.74 Å². The number of benzene rings is 1. The molecular weight excluding hydrogens is 240 g/mol. The van der Waals surface area contributed by atoms with Crippen LogP contribution >= 0.6 is 0 Å². The molecule has 102 valence electrons. The van der Waals surface area contributed by atoms with E-state index in [2.05, 4.69) is 12.0 Å². The van der Waals surface area contributed by atoms with E-state index in [1.807, 2.05) is 36.0 Å². The molecule has 0 aliphatic carbocycles. The number of methoxy groups -OCH3 is 1. The SMILES string of the molecule is CCCn1cc(C(O)c2ccc(OC)cc2C)cn1. The number of hydrogen-bond donors (Lipinski definition) is 1. The molecule has 2 rings (SSSR count). The Balaban J connectivity index is 2.24. The molecule has 4 heteroatoms. The lowest BCUT2D eigenvalue weighted by atomic mass is 9.99. The van der Waals surface area contributed by atoms with Crippen molar-refractivity contribution >= 4 is 0 Å². The van der Waals surface area contributed by atoms with Gasteiger partial charge >= 0.3 is 0 Å². The first kappa shape index (κ1) is 13.6. The van der Waals surface area contributed by atoms with Crippen molar-refractivity contribution in [2.45, 2.75) is 32.9 Å². The molecule has 1 aromatic carbocycles. The molecule has 1 N–H and O–H groups in total. The highest BCUT2D eigenvalue weighted by atomic mass is 16.5. The van der Waals surface area contributed by atoms with Gasteiger partial charge in [-0.15, -0.1) is 0 Å². The number of rotatable bonds is 5. The lowest BCUT2D eigenvalue weighted by molar-refractivity contribution is 0.219. The van der Waals surface area contributed by atoms with Gasteiger partial charge in [0.15, 0.2) is 0 Å². The normalized spacial score (nSPS) is 12.4. The second kappa shape index (κ2) is 5.89. The van der Waals surface area contributed by atoms with Crippen LogP contribution in [0, 0.1) is 6.92 Å². The number of nitrogens with zero attached hydrogens (tertiary/aromatic N) is 2. The summed E-state index contributed by atoms with van der Waals surface area (Å²) in [7, 11) is 1.64. The van der Waals surface area contributed by atoms with Crippen molar-refractivity contribution in [3.63, 3.8) is 0 Å². The number of aromatic nitrogens is 2. The summed E-state index contributed by atoms with van der Waals surface area (Å²) in [5.41, 5.74) is 2.72. The van der Waals surface area contributed by atoms with Gasteiger partial charge in [0.05, 0.1) is 13.3 Å². The summed E-state index contributed by atoms with van der Waals surface area (Å²) in [6, 6.07) is 5.69. The number of hydrogen-bond acceptors (Lipinski definition) is 3. The first-order chi connectivity index (χ1) is 9.15. The topological polar surface area (TPSA) is 47.3 Å².